The van der Waals surface area contributed by atoms with E-state index in [-0.39, 0.29) is 21.8 Å². The normalized spacial score (nSPS) is 13.1. The minimum absolute atomic E-state index is 0.106. The van der Waals surface area contributed by atoms with Crippen LogP contribution in [0.5, 0.6) is 0 Å². The molecule has 0 bridgehead atoms. The molecule has 158 valence electrons. The Morgan fingerprint density at radius 3 is 2.43 bits per heavy atom. The number of carbonyl (C=O) groups excluding carboxylic acids is 1. The van der Waals surface area contributed by atoms with Crippen LogP contribution < -0.4 is 5.32 Å². The molecule has 0 spiro atoms. The maximum absolute atomic E-state index is 12.9. The predicted molar refractivity (Wildman–Crippen MR) is 103 cm³/mol. The van der Waals surface area contributed by atoms with Gasteiger partial charge >= 0.3 is 6.18 Å². The van der Waals surface area contributed by atoms with Crippen molar-refractivity contribution in [2.75, 3.05) is 0 Å². The highest BCUT2D eigenvalue weighted by Crippen LogP contribution is 2.31. The molecule has 3 rings (SSSR count). The Morgan fingerprint density at radius 2 is 1.77 bits per heavy atom. The Morgan fingerprint density at radius 1 is 1.07 bits per heavy atom. The van der Waals surface area contributed by atoms with Gasteiger partial charge in [-0.2, -0.15) is 13.2 Å². The first-order valence-electron chi connectivity index (χ1n) is 8.90. The zero-order chi connectivity index (χ0) is 21.9. The van der Waals surface area contributed by atoms with Gasteiger partial charge in [-0.3, -0.25) is 4.79 Å². The van der Waals surface area contributed by atoms with Gasteiger partial charge in [-0.05, 0) is 42.8 Å². The van der Waals surface area contributed by atoms with E-state index in [4.69, 9.17) is 4.42 Å². The number of amides is 1. The van der Waals surface area contributed by atoms with Crippen molar-refractivity contribution in [3.8, 4) is 0 Å². The van der Waals surface area contributed by atoms with E-state index in [0.29, 0.717) is 0 Å². The van der Waals surface area contributed by atoms with Crippen LogP contribution in [0.3, 0.4) is 0 Å². The van der Waals surface area contributed by atoms with Crippen LogP contribution in [0.4, 0.5) is 13.2 Å². The average molecular weight is 437 g/mol. The largest absolute Gasteiger partial charge is 0.459 e. The Kier molecular flexibility index (Phi) is 6.02. The molecule has 0 aliphatic heterocycles. The van der Waals surface area contributed by atoms with Crippen LogP contribution in [0.2, 0.25) is 0 Å². The molecule has 0 aliphatic rings. The van der Waals surface area contributed by atoms with Crippen molar-refractivity contribution in [1.29, 1.82) is 0 Å². The summed E-state index contributed by atoms with van der Waals surface area (Å²) in [6.07, 6.45) is -3.31. The molecule has 0 unspecified atom stereocenters. The van der Waals surface area contributed by atoms with Gasteiger partial charge < -0.3 is 9.73 Å². The Hall–Kier alpha value is -3.07. The van der Waals surface area contributed by atoms with Crippen molar-refractivity contribution in [1.82, 2.24) is 5.32 Å². The Bertz CT molecular complexity index is 1140. The lowest BCUT2D eigenvalue weighted by Crippen LogP contribution is -2.27. The zero-order valence-electron chi connectivity index (χ0n) is 15.8. The average Bonchev–Trinajstić information content (AvgIpc) is 3.15. The van der Waals surface area contributed by atoms with Crippen molar-refractivity contribution in [2.24, 2.45) is 0 Å². The molecule has 1 aromatic heterocycles. The van der Waals surface area contributed by atoms with Crippen LogP contribution in [0, 0.1) is 0 Å². The lowest BCUT2D eigenvalue weighted by molar-refractivity contribution is -0.137. The molecule has 0 saturated heterocycles. The van der Waals surface area contributed by atoms with E-state index in [2.05, 4.69) is 5.32 Å². The highest BCUT2D eigenvalue weighted by atomic mass is 32.2. The van der Waals surface area contributed by atoms with Gasteiger partial charge in [-0.15, -0.1) is 0 Å². The molecule has 30 heavy (non-hydrogen) atoms. The van der Waals surface area contributed by atoms with Gasteiger partial charge in [0.05, 0.1) is 28.5 Å². The molecule has 1 N–H and O–H groups in total. The fourth-order valence-electron chi connectivity index (χ4n) is 2.89. The van der Waals surface area contributed by atoms with Gasteiger partial charge in [0.1, 0.15) is 0 Å². The second-order valence-corrected chi connectivity index (χ2v) is 8.66. The van der Waals surface area contributed by atoms with Crippen LogP contribution >= 0.6 is 0 Å². The number of rotatable bonds is 6. The van der Waals surface area contributed by atoms with Gasteiger partial charge in [0.2, 0.25) is 0 Å². The van der Waals surface area contributed by atoms with Gasteiger partial charge in [-0.1, -0.05) is 30.3 Å². The minimum Gasteiger partial charge on any atom is -0.459 e. The summed E-state index contributed by atoms with van der Waals surface area (Å²) >= 11 is 0. The Labute approximate surface area is 171 Å². The highest BCUT2D eigenvalue weighted by Gasteiger charge is 2.31. The number of carbonyl (C=O) groups is 1. The van der Waals surface area contributed by atoms with Crippen molar-refractivity contribution in [3.63, 3.8) is 0 Å². The van der Waals surface area contributed by atoms with Crippen LogP contribution in [0.15, 0.2) is 76.2 Å². The first-order chi connectivity index (χ1) is 14.1. The minimum atomic E-state index is -4.50. The Balaban J connectivity index is 1.77. The zero-order valence-corrected chi connectivity index (χ0v) is 16.6. The van der Waals surface area contributed by atoms with E-state index in [1.165, 1.54) is 43.5 Å². The van der Waals surface area contributed by atoms with Crippen LogP contribution in [0.25, 0.3) is 0 Å². The standard InChI is InChI=1S/C21H18F3NO4S/c1-14(15-6-5-7-17(12-15)21(22,23)24)25-20(26)19-16(10-11-29-19)13-30(27,28)18-8-3-2-4-9-18/h2-12,14H,13H2,1H3,(H,25,26)/t14-/m0/s1. The monoisotopic (exact) mass is 437 g/mol. The maximum atomic E-state index is 12.9. The van der Waals surface area contributed by atoms with Gasteiger partial charge in [0.25, 0.3) is 5.91 Å². The second-order valence-electron chi connectivity index (χ2n) is 6.67. The summed E-state index contributed by atoms with van der Waals surface area (Å²) in [4.78, 5) is 12.7. The number of benzene rings is 2. The molecule has 0 radical (unpaired) electrons. The summed E-state index contributed by atoms with van der Waals surface area (Å²) in [6.45, 7) is 1.52. The third-order valence-corrected chi connectivity index (χ3v) is 6.14. The molecule has 1 heterocycles. The number of nitrogens with one attached hydrogen (secondary N) is 1. The van der Waals surface area contributed by atoms with Crippen molar-refractivity contribution < 1.29 is 30.8 Å². The topological polar surface area (TPSA) is 76.4 Å². The predicted octanol–water partition coefficient (Wildman–Crippen LogP) is 4.76. The third-order valence-electron chi connectivity index (χ3n) is 4.46. The molecule has 0 fully saturated rings. The van der Waals surface area contributed by atoms with E-state index in [1.54, 1.807) is 18.2 Å². The third kappa shape index (κ3) is 4.91. The van der Waals surface area contributed by atoms with Gasteiger partial charge in [0.15, 0.2) is 15.6 Å². The molecule has 3 aromatic rings. The lowest BCUT2D eigenvalue weighted by Gasteiger charge is -2.16. The van der Waals surface area contributed by atoms with Gasteiger partial charge in [0, 0.05) is 5.56 Å². The van der Waals surface area contributed by atoms with Crippen LogP contribution in [-0.2, 0) is 21.8 Å². The molecule has 1 amide bonds. The van der Waals surface area contributed by atoms with E-state index in [1.807, 2.05) is 0 Å². The number of alkyl halides is 3. The summed E-state index contributed by atoms with van der Waals surface area (Å²) < 4.78 is 69.0. The summed E-state index contributed by atoms with van der Waals surface area (Å²) in [5.41, 5.74) is -0.412. The number of hydrogen-bond donors (Lipinski definition) is 1. The highest BCUT2D eigenvalue weighted by molar-refractivity contribution is 7.90. The fourth-order valence-corrected chi connectivity index (χ4v) is 4.27. The second kappa shape index (κ2) is 8.35. The SMILES string of the molecule is C[C@H](NC(=O)c1occc1CS(=O)(=O)c1ccccc1)c1cccc(C(F)(F)F)c1. The number of halogens is 3. The van der Waals surface area contributed by atoms with E-state index < -0.39 is 39.3 Å². The first kappa shape index (κ1) is 21.6. The molecule has 2 aromatic carbocycles. The van der Waals surface area contributed by atoms with Crippen molar-refractivity contribution >= 4 is 15.7 Å². The smallest absolute Gasteiger partial charge is 0.416 e. The lowest BCUT2D eigenvalue weighted by atomic mass is 10.0. The van der Waals surface area contributed by atoms with Crippen molar-refractivity contribution in [3.05, 3.63) is 89.4 Å². The molecule has 0 saturated carbocycles. The molecular weight excluding hydrogens is 419 g/mol. The molecular formula is C21H18F3NO4S. The summed E-state index contributed by atoms with van der Waals surface area (Å²) in [6, 6.07) is 13.0. The fraction of sp³-hybridized carbons (Fsp3) is 0.190. The molecule has 5 nitrogen and oxygen atoms in total. The van der Waals surface area contributed by atoms with Crippen molar-refractivity contribution in [2.45, 2.75) is 29.8 Å². The quantitative estimate of drug-likeness (QED) is 0.603. The summed E-state index contributed by atoms with van der Waals surface area (Å²) in [5, 5.41) is 2.55. The number of furan rings is 1. The number of hydrogen-bond acceptors (Lipinski definition) is 4. The van der Waals surface area contributed by atoms with Gasteiger partial charge in [-0.25, -0.2) is 8.42 Å². The molecule has 9 heteroatoms. The number of sulfone groups is 1. The molecule has 0 aliphatic carbocycles. The summed E-state index contributed by atoms with van der Waals surface area (Å²) in [7, 11) is -3.71. The van der Waals surface area contributed by atoms with E-state index >= 15 is 0 Å². The van der Waals surface area contributed by atoms with Crippen LogP contribution in [0.1, 0.15) is 40.2 Å². The summed E-state index contributed by atoms with van der Waals surface area (Å²) in [5.74, 6) is -1.37. The van der Waals surface area contributed by atoms with Crippen LogP contribution in [-0.4, -0.2) is 14.3 Å². The van der Waals surface area contributed by atoms with E-state index in [0.717, 1.165) is 12.1 Å². The first-order valence-corrected chi connectivity index (χ1v) is 10.6. The van der Waals surface area contributed by atoms with E-state index in [9.17, 15) is 26.4 Å². The molecule has 1 atom stereocenters. The maximum Gasteiger partial charge on any atom is 0.416 e.